The molecule has 20 heavy (non-hydrogen) atoms. The van der Waals surface area contributed by atoms with Gasteiger partial charge < -0.3 is 0 Å². The van der Waals surface area contributed by atoms with Crippen LogP contribution in [0.15, 0.2) is 23.1 Å². The summed E-state index contributed by atoms with van der Waals surface area (Å²) in [6, 6.07) is 3.34. The SMILES string of the molecule is Cc1cccn(NC(=O)CN2CCS(=O)(=O)CC2)c1=O. The van der Waals surface area contributed by atoms with Crippen LogP contribution in [-0.2, 0) is 14.6 Å². The van der Waals surface area contributed by atoms with Crippen LogP contribution in [0.25, 0.3) is 0 Å². The highest BCUT2D eigenvalue weighted by Crippen LogP contribution is 2.02. The third-order valence-corrected chi connectivity index (χ3v) is 4.80. The van der Waals surface area contributed by atoms with Crippen molar-refractivity contribution >= 4 is 15.7 Å². The van der Waals surface area contributed by atoms with E-state index in [0.29, 0.717) is 18.7 Å². The van der Waals surface area contributed by atoms with Crippen LogP contribution < -0.4 is 11.0 Å². The number of carbonyl (C=O) groups is 1. The molecule has 1 N–H and O–H groups in total. The van der Waals surface area contributed by atoms with E-state index in [2.05, 4.69) is 5.43 Å². The molecule has 1 aliphatic heterocycles. The van der Waals surface area contributed by atoms with Gasteiger partial charge in [-0.25, -0.2) is 13.1 Å². The highest BCUT2D eigenvalue weighted by Gasteiger charge is 2.23. The van der Waals surface area contributed by atoms with Crippen molar-refractivity contribution in [2.45, 2.75) is 6.92 Å². The molecule has 1 fully saturated rings. The quantitative estimate of drug-likeness (QED) is 0.770. The van der Waals surface area contributed by atoms with E-state index in [0.717, 1.165) is 4.68 Å². The van der Waals surface area contributed by atoms with Crippen LogP contribution in [0, 0.1) is 6.92 Å². The minimum atomic E-state index is -2.95. The molecule has 0 unspecified atom stereocenters. The molecule has 2 rings (SSSR count). The number of aromatic nitrogens is 1. The summed E-state index contributed by atoms with van der Waals surface area (Å²) in [5.74, 6) is -0.188. The summed E-state index contributed by atoms with van der Waals surface area (Å²) >= 11 is 0. The highest BCUT2D eigenvalue weighted by molar-refractivity contribution is 7.91. The molecule has 1 aromatic rings. The van der Waals surface area contributed by atoms with E-state index in [1.165, 1.54) is 6.20 Å². The van der Waals surface area contributed by atoms with Gasteiger partial charge in [0.1, 0.15) is 0 Å². The van der Waals surface area contributed by atoms with Gasteiger partial charge in [0.15, 0.2) is 9.84 Å². The third kappa shape index (κ3) is 3.67. The van der Waals surface area contributed by atoms with E-state index < -0.39 is 9.84 Å². The normalized spacial score (nSPS) is 18.6. The maximum absolute atomic E-state index is 11.8. The molecule has 0 spiro atoms. The number of hydrogen-bond donors (Lipinski definition) is 1. The van der Waals surface area contributed by atoms with Crippen LogP contribution in [-0.4, -0.2) is 55.0 Å². The molecule has 0 aromatic carbocycles. The predicted molar refractivity (Wildman–Crippen MR) is 74.9 cm³/mol. The van der Waals surface area contributed by atoms with Crippen molar-refractivity contribution in [1.29, 1.82) is 0 Å². The highest BCUT2D eigenvalue weighted by atomic mass is 32.2. The van der Waals surface area contributed by atoms with E-state index in [1.807, 2.05) is 0 Å². The van der Waals surface area contributed by atoms with Gasteiger partial charge in [0, 0.05) is 24.8 Å². The number of pyridine rings is 1. The first-order valence-electron chi connectivity index (χ1n) is 6.28. The van der Waals surface area contributed by atoms with E-state index in [4.69, 9.17) is 0 Å². The Bertz CT molecular complexity index is 652. The molecule has 1 saturated heterocycles. The molecule has 1 aromatic heterocycles. The molecular weight excluding hydrogens is 282 g/mol. The fraction of sp³-hybridized carbons (Fsp3) is 0.500. The summed E-state index contributed by atoms with van der Waals surface area (Å²) in [6.07, 6.45) is 1.48. The van der Waals surface area contributed by atoms with Gasteiger partial charge in [-0.15, -0.1) is 0 Å². The van der Waals surface area contributed by atoms with Gasteiger partial charge in [0.2, 0.25) is 0 Å². The molecule has 0 atom stereocenters. The minimum Gasteiger partial charge on any atom is -0.292 e. The Kier molecular flexibility index (Phi) is 4.24. The van der Waals surface area contributed by atoms with Gasteiger partial charge in [0.25, 0.3) is 11.5 Å². The molecule has 0 aliphatic carbocycles. The average Bonchev–Trinajstić information content (AvgIpc) is 2.38. The first-order chi connectivity index (χ1) is 9.37. The fourth-order valence-corrected chi connectivity index (χ4v) is 3.25. The number of hydrogen-bond acceptors (Lipinski definition) is 5. The molecule has 0 radical (unpaired) electrons. The van der Waals surface area contributed by atoms with Crippen molar-refractivity contribution in [3.05, 3.63) is 34.2 Å². The summed E-state index contributed by atoms with van der Waals surface area (Å²) < 4.78 is 23.7. The Morgan fingerprint density at radius 3 is 2.65 bits per heavy atom. The second-order valence-corrected chi connectivity index (χ2v) is 7.13. The zero-order chi connectivity index (χ0) is 14.8. The van der Waals surface area contributed by atoms with Crippen LogP contribution in [0.5, 0.6) is 0 Å². The van der Waals surface area contributed by atoms with E-state index in [1.54, 1.807) is 24.0 Å². The van der Waals surface area contributed by atoms with Crippen molar-refractivity contribution in [1.82, 2.24) is 9.58 Å². The van der Waals surface area contributed by atoms with Gasteiger partial charge in [0.05, 0.1) is 18.1 Å². The standard InChI is InChI=1S/C12H17N3O4S/c1-10-3-2-4-15(12(10)17)13-11(16)9-14-5-7-20(18,19)8-6-14/h2-4H,5-9H2,1H3,(H,13,16). The Morgan fingerprint density at radius 1 is 1.35 bits per heavy atom. The van der Waals surface area contributed by atoms with Crippen LogP contribution >= 0.6 is 0 Å². The largest absolute Gasteiger partial charge is 0.292 e. The van der Waals surface area contributed by atoms with Gasteiger partial charge in [-0.2, -0.15) is 0 Å². The number of aryl methyl sites for hydroxylation is 1. The summed E-state index contributed by atoms with van der Waals surface area (Å²) in [5.41, 5.74) is 2.76. The average molecular weight is 299 g/mol. The monoisotopic (exact) mass is 299 g/mol. The van der Waals surface area contributed by atoms with Gasteiger partial charge in [-0.3, -0.25) is 19.9 Å². The zero-order valence-electron chi connectivity index (χ0n) is 11.2. The Morgan fingerprint density at radius 2 is 2.00 bits per heavy atom. The van der Waals surface area contributed by atoms with Gasteiger partial charge >= 0.3 is 0 Å². The van der Waals surface area contributed by atoms with Crippen molar-refractivity contribution in [2.75, 3.05) is 36.6 Å². The summed E-state index contributed by atoms with van der Waals surface area (Å²) in [7, 11) is -2.95. The third-order valence-electron chi connectivity index (χ3n) is 3.19. The lowest BCUT2D eigenvalue weighted by Crippen LogP contribution is -2.46. The molecule has 8 heteroatoms. The smallest absolute Gasteiger partial charge is 0.272 e. The summed E-state index contributed by atoms with van der Waals surface area (Å²) in [6.45, 7) is 2.44. The molecular formula is C12H17N3O4S. The maximum Gasteiger partial charge on any atom is 0.272 e. The number of sulfone groups is 1. The first kappa shape index (κ1) is 14.7. The first-order valence-corrected chi connectivity index (χ1v) is 8.10. The maximum atomic E-state index is 11.8. The second-order valence-electron chi connectivity index (χ2n) is 4.83. The minimum absolute atomic E-state index is 0.0741. The van der Waals surface area contributed by atoms with Crippen LogP contribution in [0.3, 0.4) is 0 Å². The molecule has 2 heterocycles. The van der Waals surface area contributed by atoms with Crippen LogP contribution in [0.1, 0.15) is 5.56 Å². The Balaban J connectivity index is 1.93. The van der Waals surface area contributed by atoms with Crippen molar-refractivity contribution < 1.29 is 13.2 Å². The number of nitrogens with zero attached hydrogens (tertiary/aromatic N) is 2. The topological polar surface area (TPSA) is 88.5 Å². The lowest BCUT2D eigenvalue weighted by molar-refractivity contribution is -0.118. The number of nitrogens with one attached hydrogen (secondary N) is 1. The molecule has 7 nitrogen and oxygen atoms in total. The second kappa shape index (κ2) is 5.76. The lowest BCUT2D eigenvalue weighted by Gasteiger charge is -2.25. The number of rotatable bonds is 3. The number of amides is 1. The summed E-state index contributed by atoms with van der Waals surface area (Å²) in [4.78, 5) is 25.3. The summed E-state index contributed by atoms with van der Waals surface area (Å²) in [5, 5.41) is 0. The Labute approximate surface area is 117 Å². The zero-order valence-corrected chi connectivity index (χ0v) is 12.0. The lowest BCUT2D eigenvalue weighted by atomic mass is 10.3. The molecule has 1 amide bonds. The van der Waals surface area contributed by atoms with Crippen LogP contribution in [0.4, 0.5) is 0 Å². The molecule has 1 aliphatic rings. The van der Waals surface area contributed by atoms with Crippen molar-refractivity contribution in [3.63, 3.8) is 0 Å². The van der Waals surface area contributed by atoms with E-state index in [-0.39, 0.29) is 29.5 Å². The van der Waals surface area contributed by atoms with E-state index >= 15 is 0 Å². The van der Waals surface area contributed by atoms with Crippen molar-refractivity contribution in [2.24, 2.45) is 0 Å². The van der Waals surface area contributed by atoms with Gasteiger partial charge in [-0.05, 0) is 13.0 Å². The van der Waals surface area contributed by atoms with Gasteiger partial charge in [-0.1, -0.05) is 6.07 Å². The molecule has 110 valence electrons. The fourth-order valence-electron chi connectivity index (χ4n) is 1.97. The van der Waals surface area contributed by atoms with Crippen molar-refractivity contribution in [3.8, 4) is 0 Å². The Hall–Kier alpha value is -1.67. The van der Waals surface area contributed by atoms with E-state index in [9.17, 15) is 18.0 Å². The van der Waals surface area contributed by atoms with Crippen LogP contribution in [0.2, 0.25) is 0 Å². The number of carbonyl (C=O) groups excluding carboxylic acids is 1. The molecule has 0 saturated carbocycles. The molecule has 0 bridgehead atoms. The predicted octanol–water partition coefficient (Wildman–Crippen LogP) is -1.04.